The van der Waals surface area contributed by atoms with Crippen molar-refractivity contribution >= 4 is 5.91 Å². The van der Waals surface area contributed by atoms with E-state index in [9.17, 15) is 9.90 Å². The Balaban J connectivity index is 2.96. The van der Waals surface area contributed by atoms with Gasteiger partial charge in [-0.3, -0.25) is 4.79 Å². The second kappa shape index (κ2) is 5.68. The lowest BCUT2D eigenvalue weighted by atomic mass is 10.0. The first-order valence-corrected chi connectivity index (χ1v) is 5.71. The smallest absolute Gasteiger partial charge is 0.255 e. The van der Waals surface area contributed by atoms with Crippen molar-refractivity contribution in [3.63, 3.8) is 0 Å². The fourth-order valence-corrected chi connectivity index (χ4v) is 1.67. The van der Waals surface area contributed by atoms with E-state index in [0.717, 1.165) is 5.56 Å². The van der Waals surface area contributed by atoms with E-state index >= 15 is 0 Å². The lowest BCUT2D eigenvalue weighted by Gasteiger charge is -2.15. The summed E-state index contributed by atoms with van der Waals surface area (Å²) in [6.45, 7) is 5.39. The van der Waals surface area contributed by atoms with Crippen LogP contribution in [0.4, 0.5) is 0 Å². The van der Waals surface area contributed by atoms with E-state index in [4.69, 9.17) is 5.11 Å². The van der Waals surface area contributed by atoms with Gasteiger partial charge in [0.25, 0.3) is 5.91 Å². The van der Waals surface area contributed by atoms with Gasteiger partial charge in [-0.25, -0.2) is 0 Å². The molecule has 0 saturated carbocycles. The number of rotatable bonds is 4. The quantitative estimate of drug-likeness (QED) is 0.743. The molecule has 4 heteroatoms. The minimum atomic E-state index is -0.352. The molecule has 1 amide bonds. The number of carbonyl (C=O) groups excluding carboxylic acids is 1. The van der Waals surface area contributed by atoms with Crippen LogP contribution in [0.3, 0.4) is 0 Å². The number of benzene rings is 1. The molecule has 0 radical (unpaired) electrons. The Labute approximate surface area is 101 Å². The van der Waals surface area contributed by atoms with Crippen LogP contribution in [0.2, 0.25) is 0 Å². The van der Waals surface area contributed by atoms with Crippen molar-refractivity contribution in [3.05, 3.63) is 28.8 Å². The first kappa shape index (κ1) is 13.5. The number of amides is 1. The van der Waals surface area contributed by atoms with Crippen molar-refractivity contribution in [2.75, 3.05) is 6.61 Å². The van der Waals surface area contributed by atoms with E-state index in [1.807, 2.05) is 19.9 Å². The molecule has 0 aliphatic heterocycles. The average molecular weight is 237 g/mol. The van der Waals surface area contributed by atoms with Crippen LogP contribution in [0.25, 0.3) is 0 Å². The number of aromatic hydroxyl groups is 1. The number of aliphatic hydroxyl groups excluding tert-OH is 1. The highest BCUT2D eigenvalue weighted by Gasteiger charge is 2.16. The molecule has 4 nitrogen and oxygen atoms in total. The molecule has 0 aliphatic carbocycles. The first-order chi connectivity index (χ1) is 7.99. The van der Waals surface area contributed by atoms with Gasteiger partial charge in [0.2, 0.25) is 0 Å². The van der Waals surface area contributed by atoms with E-state index in [1.54, 1.807) is 13.0 Å². The molecule has 0 aliphatic rings. The molecule has 94 valence electrons. The van der Waals surface area contributed by atoms with Crippen LogP contribution < -0.4 is 5.32 Å². The standard InChI is InChI=1S/C13H19NO3/c1-4-10(7-15)14-13(17)11-6-8(2)5-9(3)12(11)16/h5-6,10,15-16H,4,7H2,1-3H3,(H,14,17). The molecule has 0 spiro atoms. The Morgan fingerprint density at radius 1 is 1.41 bits per heavy atom. The first-order valence-electron chi connectivity index (χ1n) is 5.71. The fourth-order valence-electron chi connectivity index (χ4n) is 1.67. The zero-order valence-electron chi connectivity index (χ0n) is 10.4. The van der Waals surface area contributed by atoms with E-state index < -0.39 is 0 Å². The minimum absolute atomic E-state index is 0.000827. The summed E-state index contributed by atoms with van der Waals surface area (Å²) in [6.07, 6.45) is 0.647. The number of aryl methyl sites for hydroxylation is 2. The third-order valence-corrected chi connectivity index (χ3v) is 2.74. The molecule has 0 aromatic heterocycles. The zero-order chi connectivity index (χ0) is 13.0. The van der Waals surface area contributed by atoms with Gasteiger partial charge >= 0.3 is 0 Å². The summed E-state index contributed by atoms with van der Waals surface area (Å²) in [5.74, 6) is -0.351. The largest absolute Gasteiger partial charge is 0.507 e. The zero-order valence-corrected chi connectivity index (χ0v) is 10.4. The highest BCUT2D eigenvalue weighted by Crippen LogP contribution is 2.23. The van der Waals surface area contributed by atoms with Crippen molar-refractivity contribution in [1.29, 1.82) is 0 Å². The summed E-state index contributed by atoms with van der Waals surface area (Å²) < 4.78 is 0. The Kier molecular flexibility index (Phi) is 4.52. The van der Waals surface area contributed by atoms with Gasteiger partial charge in [-0.05, 0) is 37.5 Å². The van der Waals surface area contributed by atoms with Crippen LogP contribution in [0.15, 0.2) is 12.1 Å². The Morgan fingerprint density at radius 3 is 2.59 bits per heavy atom. The third kappa shape index (κ3) is 3.20. The fraction of sp³-hybridized carbons (Fsp3) is 0.462. The van der Waals surface area contributed by atoms with Gasteiger partial charge in [-0.2, -0.15) is 0 Å². The van der Waals surface area contributed by atoms with Crippen LogP contribution >= 0.6 is 0 Å². The van der Waals surface area contributed by atoms with Crippen molar-refractivity contribution in [2.24, 2.45) is 0 Å². The minimum Gasteiger partial charge on any atom is -0.507 e. The molecule has 3 N–H and O–H groups in total. The summed E-state index contributed by atoms with van der Waals surface area (Å²) in [4.78, 5) is 11.9. The summed E-state index contributed by atoms with van der Waals surface area (Å²) >= 11 is 0. The van der Waals surface area contributed by atoms with Gasteiger partial charge in [0.05, 0.1) is 18.2 Å². The second-order valence-corrected chi connectivity index (χ2v) is 4.24. The molecular formula is C13H19NO3. The molecule has 1 aromatic carbocycles. The highest BCUT2D eigenvalue weighted by atomic mass is 16.3. The Morgan fingerprint density at radius 2 is 2.06 bits per heavy atom. The Hall–Kier alpha value is -1.55. The molecule has 1 atom stereocenters. The van der Waals surface area contributed by atoms with Crippen molar-refractivity contribution in [3.8, 4) is 5.75 Å². The van der Waals surface area contributed by atoms with Crippen molar-refractivity contribution in [2.45, 2.75) is 33.2 Å². The number of carbonyl (C=O) groups is 1. The topological polar surface area (TPSA) is 69.6 Å². The van der Waals surface area contributed by atoms with Gasteiger partial charge in [-0.1, -0.05) is 13.0 Å². The van der Waals surface area contributed by atoms with Crippen molar-refractivity contribution < 1.29 is 15.0 Å². The maximum absolute atomic E-state index is 11.9. The lowest BCUT2D eigenvalue weighted by molar-refractivity contribution is 0.0912. The predicted octanol–water partition coefficient (Wildman–Crippen LogP) is 1.51. The number of hydrogen-bond acceptors (Lipinski definition) is 3. The predicted molar refractivity (Wildman–Crippen MR) is 66.2 cm³/mol. The number of phenols is 1. The summed E-state index contributed by atoms with van der Waals surface area (Å²) in [6, 6.07) is 3.18. The maximum atomic E-state index is 11.9. The van der Waals surface area contributed by atoms with Gasteiger partial charge in [0, 0.05) is 0 Å². The number of nitrogens with one attached hydrogen (secondary N) is 1. The van der Waals surface area contributed by atoms with Gasteiger partial charge < -0.3 is 15.5 Å². The molecule has 0 fully saturated rings. The molecule has 1 rings (SSSR count). The summed E-state index contributed by atoms with van der Waals surface area (Å²) in [7, 11) is 0. The third-order valence-electron chi connectivity index (χ3n) is 2.74. The van der Waals surface area contributed by atoms with E-state index in [1.165, 1.54) is 0 Å². The lowest BCUT2D eigenvalue weighted by Crippen LogP contribution is -2.37. The summed E-state index contributed by atoms with van der Waals surface area (Å²) in [5, 5.41) is 21.5. The Bertz CT molecular complexity index is 411. The average Bonchev–Trinajstić information content (AvgIpc) is 2.30. The molecule has 0 heterocycles. The number of aliphatic hydroxyl groups is 1. The van der Waals surface area contributed by atoms with E-state index in [-0.39, 0.29) is 29.9 Å². The van der Waals surface area contributed by atoms with E-state index in [0.29, 0.717) is 12.0 Å². The van der Waals surface area contributed by atoms with Crippen LogP contribution in [0.1, 0.15) is 34.8 Å². The van der Waals surface area contributed by atoms with Crippen LogP contribution in [0, 0.1) is 13.8 Å². The maximum Gasteiger partial charge on any atom is 0.255 e. The molecule has 17 heavy (non-hydrogen) atoms. The molecule has 1 unspecified atom stereocenters. The monoisotopic (exact) mass is 237 g/mol. The molecule has 0 saturated heterocycles. The molecule has 1 aromatic rings. The summed E-state index contributed by atoms with van der Waals surface area (Å²) in [5.41, 5.74) is 1.85. The SMILES string of the molecule is CCC(CO)NC(=O)c1cc(C)cc(C)c1O. The van der Waals surface area contributed by atoms with Gasteiger partial charge in [-0.15, -0.1) is 0 Å². The van der Waals surface area contributed by atoms with Crippen LogP contribution in [0.5, 0.6) is 5.75 Å². The van der Waals surface area contributed by atoms with Gasteiger partial charge in [0.1, 0.15) is 5.75 Å². The molecular weight excluding hydrogens is 218 g/mol. The second-order valence-electron chi connectivity index (χ2n) is 4.24. The van der Waals surface area contributed by atoms with E-state index in [2.05, 4.69) is 5.32 Å². The number of phenolic OH excluding ortho intramolecular Hbond substituents is 1. The van der Waals surface area contributed by atoms with Crippen LogP contribution in [-0.2, 0) is 0 Å². The number of hydrogen-bond donors (Lipinski definition) is 3. The normalized spacial score (nSPS) is 12.2. The molecule has 0 bridgehead atoms. The highest BCUT2D eigenvalue weighted by molar-refractivity contribution is 5.97. The van der Waals surface area contributed by atoms with Gasteiger partial charge in [0.15, 0.2) is 0 Å². The van der Waals surface area contributed by atoms with Crippen molar-refractivity contribution in [1.82, 2.24) is 5.32 Å². The van der Waals surface area contributed by atoms with Crippen LogP contribution in [-0.4, -0.2) is 28.8 Å².